The molecular formula is C13H15ClN4. The van der Waals surface area contributed by atoms with Gasteiger partial charge in [0.1, 0.15) is 11.6 Å². The van der Waals surface area contributed by atoms with Crippen LogP contribution in [-0.4, -0.2) is 27.6 Å². The number of anilines is 1. The van der Waals surface area contributed by atoms with Crippen LogP contribution in [0.15, 0.2) is 30.7 Å². The van der Waals surface area contributed by atoms with Crippen LogP contribution in [0.3, 0.4) is 0 Å². The van der Waals surface area contributed by atoms with Crippen molar-refractivity contribution in [3.05, 3.63) is 41.6 Å². The minimum absolute atomic E-state index is 0.649. The van der Waals surface area contributed by atoms with E-state index in [1.165, 1.54) is 0 Å². The quantitative estimate of drug-likeness (QED) is 0.852. The summed E-state index contributed by atoms with van der Waals surface area (Å²) in [5.41, 5.74) is 0. The maximum atomic E-state index is 6.13. The van der Waals surface area contributed by atoms with E-state index in [9.17, 15) is 0 Å². The topological polar surface area (TPSA) is 34.0 Å². The fourth-order valence-electron chi connectivity index (χ4n) is 2.34. The summed E-state index contributed by atoms with van der Waals surface area (Å²) in [4.78, 5) is 10.8. The molecule has 5 heteroatoms. The van der Waals surface area contributed by atoms with Crippen LogP contribution < -0.4 is 4.90 Å². The lowest BCUT2D eigenvalue weighted by Gasteiger charge is -2.40. The zero-order valence-corrected chi connectivity index (χ0v) is 11.0. The highest BCUT2D eigenvalue weighted by molar-refractivity contribution is 6.32. The van der Waals surface area contributed by atoms with Crippen LogP contribution in [0.5, 0.6) is 0 Å². The standard InChI is InChI=1S/C13H15ClN4/c1-10-15-5-6-17(10)7-11-8-18(9-11)13-12(14)3-2-4-16-13/h2-6,11H,7-9H2,1H3. The smallest absolute Gasteiger partial charge is 0.147 e. The van der Waals surface area contributed by atoms with Crippen molar-refractivity contribution >= 4 is 17.4 Å². The average Bonchev–Trinajstić information content (AvgIpc) is 2.70. The van der Waals surface area contributed by atoms with Crippen molar-refractivity contribution in [2.24, 2.45) is 5.92 Å². The van der Waals surface area contributed by atoms with Gasteiger partial charge in [-0.15, -0.1) is 0 Å². The summed E-state index contributed by atoms with van der Waals surface area (Å²) >= 11 is 6.13. The van der Waals surface area contributed by atoms with Gasteiger partial charge < -0.3 is 9.47 Å². The molecule has 1 fully saturated rings. The van der Waals surface area contributed by atoms with Crippen molar-refractivity contribution in [1.29, 1.82) is 0 Å². The summed E-state index contributed by atoms with van der Waals surface area (Å²) in [6.45, 7) is 5.07. The molecule has 3 rings (SSSR count). The highest BCUT2D eigenvalue weighted by Gasteiger charge is 2.29. The van der Waals surface area contributed by atoms with Crippen molar-refractivity contribution < 1.29 is 0 Å². The molecule has 0 saturated carbocycles. The van der Waals surface area contributed by atoms with E-state index in [-0.39, 0.29) is 0 Å². The number of imidazole rings is 1. The Morgan fingerprint density at radius 1 is 1.33 bits per heavy atom. The number of rotatable bonds is 3. The number of aromatic nitrogens is 3. The third-order valence-electron chi connectivity index (χ3n) is 3.37. The monoisotopic (exact) mass is 262 g/mol. The van der Waals surface area contributed by atoms with E-state index >= 15 is 0 Å². The Bertz CT molecular complexity index is 545. The van der Waals surface area contributed by atoms with Crippen LogP contribution in [0.4, 0.5) is 5.82 Å². The summed E-state index contributed by atoms with van der Waals surface area (Å²) in [6.07, 6.45) is 5.67. The highest BCUT2D eigenvalue weighted by atomic mass is 35.5. The number of hydrogen-bond acceptors (Lipinski definition) is 3. The molecule has 1 saturated heterocycles. The van der Waals surface area contributed by atoms with Crippen LogP contribution in [0.25, 0.3) is 0 Å². The summed E-state index contributed by atoms with van der Waals surface area (Å²) in [7, 11) is 0. The third-order valence-corrected chi connectivity index (χ3v) is 3.67. The lowest BCUT2D eigenvalue weighted by atomic mass is 10.00. The third kappa shape index (κ3) is 2.08. The van der Waals surface area contributed by atoms with E-state index in [4.69, 9.17) is 11.6 Å². The first-order valence-electron chi connectivity index (χ1n) is 6.07. The summed E-state index contributed by atoms with van der Waals surface area (Å²) in [5, 5.41) is 0.731. The zero-order valence-electron chi connectivity index (χ0n) is 10.3. The van der Waals surface area contributed by atoms with E-state index < -0.39 is 0 Å². The molecule has 2 aromatic rings. The van der Waals surface area contributed by atoms with Gasteiger partial charge >= 0.3 is 0 Å². The van der Waals surface area contributed by atoms with Crippen LogP contribution in [0.1, 0.15) is 5.82 Å². The SMILES string of the molecule is Cc1nccn1CC1CN(c2ncccc2Cl)C1. The predicted molar refractivity (Wildman–Crippen MR) is 71.9 cm³/mol. The molecule has 0 aliphatic carbocycles. The molecule has 0 atom stereocenters. The molecule has 0 aromatic carbocycles. The maximum absolute atomic E-state index is 6.13. The first-order chi connectivity index (χ1) is 8.74. The molecule has 0 bridgehead atoms. The second kappa shape index (κ2) is 4.61. The van der Waals surface area contributed by atoms with Crippen LogP contribution in [0.2, 0.25) is 5.02 Å². The minimum atomic E-state index is 0.649. The molecule has 1 aliphatic heterocycles. The number of pyridine rings is 1. The van der Waals surface area contributed by atoms with Gasteiger partial charge in [-0.05, 0) is 19.1 Å². The molecule has 4 nitrogen and oxygen atoms in total. The lowest BCUT2D eigenvalue weighted by Crippen LogP contribution is -2.49. The molecule has 94 valence electrons. The van der Waals surface area contributed by atoms with Gasteiger partial charge in [0.05, 0.1) is 5.02 Å². The molecule has 0 radical (unpaired) electrons. The molecule has 0 spiro atoms. The molecule has 1 aliphatic rings. The number of hydrogen-bond donors (Lipinski definition) is 0. The Hall–Kier alpha value is -1.55. The van der Waals surface area contributed by atoms with Gasteiger partial charge in [-0.3, -0.25) is 0 Å². The van der Waals surface area contributed by atoms with Gasteiger partial charge in [-0.1, -0.05) is 11.6 Å². The van der Waals surface area contributed by atoms with Crippen molar-refractivity contribution in [2.75, 3.05) is 18.0 Å². The fourth-order valence-corrected chi connectivity index (χ4v) is 2.58. The molecule has 18 heavy (non-hydrogen) atoms. The first-order valence-corrected chi connectivity index (χ1v) is 6.45. The zero-order chi connectivity index (χ0) is 12.5. The predicted octanol–water partition coefficient (Wildman–Crippen LogP) is 2.38. The van der Waals surface area contributed by atoms with Crippen LogP contribution >= 0.6 is 11.6 Å². The van der Waals surface area contributed by atoms with Gasteiger partial charge in [0.15, 0.2) is 0 Å². The lowest BCUT2D eigenvalue weighted by molar-refractivity contribution is 0.352. The molecule has 0 amide bonds. The van der Waals surface area contributed by atoms with Gasteiger partial charge in [0.2, 0.25) is 0 Å². The Kier molecular flexibility index (Phi) is 2.96. The summed E-state index contributed by atoms with van der Waals surface area (Å²) in [6, 6.07) is 3.75. The maximum Gasteiger partial charge on any atom is 0.147 e. The largest absolute Gasteiger partial charge is 0.355 e. The Morgan fingerprint density at radius 2 is 2.17 bits per heavy atom. The van der Waals surface area contributed by atoms with Gasteiger partial charge in [0.25, 0.3) is 0 Å². The Balaban J connectivity index is 1.61. The molecule has 3 heterocycles. The van der Waals surface area contributed by atoms with E-state index in [1.54, 1.807) is 6.20 Å². The van der Waals surface area contributed by atoms with Gasteiger partial charge in [0, 0.05) is 44.1 Å². The normalized spacial score (nSPS) is 15.8. The van der Waals surface area contributed by atoms with Crippen molar-refractivity contribution in [3.63, 3.8) is 0 Å². The fraction of sp³-hybridized carbons (Fsp3) is 0.385. The number of nitrogens with zero attached hydrogens (tertiary/aromatic N) is 4. The Labute approximate surface area is 111 Å². The number of halogens is 1. The van der Waals surface area contributed by atoms with Gasteiger partial charge in [-0.25, -0.2) is 9.97 Å². The first kappa shape index (κ1) is 11.5. The van der Waals surface area contributed by atoms with Gasteiger partial charge in [-0.2, -0.15) is 0 Å². The minimum Gasteiger partial charge on any atom is -0.355 e. The molecule has 0 N–H and O–H groups in total. The molecule has 0 unspecified atom stereocenters. The Morgan fingerprint density at radius 3 is 2.83 bits per heavy atom. The van der Waals surface area contributed by atoms with Crippen molar-refractivity contribution in [2.45, 2.75) is 13.5 Å². The highest BCUT2D eigenvalue weighted by Crippen LogP contribution is 2.29. The van der Waals surface area contributed by atoms with E-state index in [0.717, 1.165) is 36.3 Å². The molecular weight excluding hydrogens is 248 g/mol. The van der Waals surface area contributed by atoms with Crippen LogP contribution in [-0.2, 0) is 6.54 Å². The number of aryl methyl sites for hydroxylation is 1. The van der Waals surface area contributed by atoms with E-state index in [1.807, 2.05) is 31.5 Å². The second-order valence-corrected chi connectivity index (χ2v) is 5.11. The second-order valence-electron chi connectivity index (χ2n) is 4.71. The van der Waals surface area contributed by atoms with Crippen molar-refractivity contribution in [3.8, 4) is 0 Å². The van der Waals surface area contributed by atoms with Crippen molar-refractivity contribution in [1.82, 2.24) is 14.5 Å². The van der Waals surface area contributed by atoms with E-state index in [0.29, 0.717) is 5.92 Å². The summed E-state index contributed by atoms with van der Waals surface area (Å²) in [5.74, 6) is 2.62. The van der Waals surface area contributed by atoms with E-state index in [2.05, 4.69) is 19.4 Å². The average molecular weight is 263 g/mol. The molecule has 2 aromatic heterocycles. The van der Waals surface area contributed by atoms with Crippen LogP contribution in [0, 0.1) is 12.8 Å². The summed E-state index contributed by atoms with van der Waals surface area (Å²) < 4.78 is 2.20.